The van der Waals surface area contributed by atoms with Gasteiger partial charge in [0, 0.05) is 20.1 Å². The van der Waals surface area contributed by atoms with Crippen LogP contribution >= 0.6 is 0 Å². The Morgan fingerprint density at radius 3 is 2.81 bits per heavy atom. The first-order valence-corrected chi connectivity index (χ1v) is 10.6. The first-order chi connectivity index (χ1) is 12.9. The molecule has 1 aromatic rings. The fourth-order valence-corrected chi connectivity index (χ4v) is 4.81. The number of carbonyl (C=O) groups excluding carboxylic acids is 1. The molecule has 2 aliphatic rings. The third kappa shape index (κ3) is 4.53. The van der Waals surface area contributed by atoms with Gasteiger partial charge in [0.25, 0.3) is 10.2 Å². The van der Waals surface area contributed by atoms with Gasteiger partial charge in [0.05, 0.1) is 19.1 Å². The van der Waals surface area contributed by atoms with Crippen molar-refractivity contribution < 1.29 is 27.4 Å². The number of esters is 1. The molecule has 2 aliphatic heterocycles. The zero-order valence-electron chi connectivity index (χ0n) is 15.7. The van der Waals surface area contributed by atoms with Crippen LogP contribution < -0.4 is 9.47 Å². The van der Waals surface area contributed by atoms with Gasteiger partial charge in [0.15, 0.2) is 11.5 Å². The Bertz CT molecular complexity index is 769. The second-order valence-corrected chi connectivity index (χ2v) is 8.77. The van der Waals surface area contributed by atoms with Crippen molar-refractivity contribution in [3.8, 4) is 11.5 Å². The molecule has 0 aliphatic carbocycles. The van der Waals surface area contributed by atoms with Crippen molar-refractivity contribution in [3.63, 3.8) is 0 Å². The standard InChI is InChI=1S/C18H26N2O6S/c1-3-24-18(21)14-7-6-10-20(11-14)27(22,23)19(2)12-15-13-25-16-8-4-5-9-17(16)26-15/h4-5,8-9,14-15H,3,6-7,10-13H2,1-2H3/t14-,15+/m0/s1. The molecule has 0 radical (unpaired) electrons. The van der Waals surface area contributed by atoms with E-state index >= 15 is 0 Å². The summed E-state index contributed by atoms with van der Waals surface area (Å²) in [5.74, 6) is 0.524. The third-order valence-corrected chi connectivity index (χ3v) is 6.67. The largest absolute Gasteiger partial charge is 0.486 e. The van der Waals surface area contributed by atoms with Crippen LogP contribution in [0.3, 0.4) is 0 Å². The summed E-state index contributed by atoms with van der Waals surface area (Å²) in [7, 11) is -2.18. The highest BCUT2D eigenvalue weighted by atomic mass is 32.2. The highest BCUT2D eigenvalue weighted by molar-refractivity contribution is 7.86. The number of ether oxygens (including phenoxy) is 3. The summed E-state index contributed by atoms with van der Waals surface area (Å²) in [5.41, 5.74) is 0. The molecule has 0 amide bonds. The lowest BCUT2D eigenvalue weighted by Crippen LogP contribution is -2.51. The molecule has 1 fully saturated rings. The Morgan fingerprint density at radius 1 is 1.33 bits per heavy atom. The van der Waals surface area contributed by atoms with Crippen LogP contribution in [0.2, 0.25) is 0 Å². The zero-order chi connectivity index (χ0) is 19.4. The van der Waals surface area contributed by atoms with Gasteiger partial charge >= 0.3 is 5.97 Å². The number of hydrogen-bond acceptors (Lipinski definition) is 6. The predicted molar refractivity (Wildman–Crippen MR) is 98.8 cm³/mol. The Morgan fingerprint density at radius 2 is 2.07 bits per heavy atom. The Balaban J connectivity index is 1.62. The molecule has 0 aromatic heterocycles. The summed E-state index contributed by atoms with van der Waals surface area (Å²) in [5, 5.41) is 0. The van der Waals surface area contributed by atoms with Crippen LogP contribution in [0.15, 0.2) is 24.3 Å². The van der Waals surface area contributed by atoms with E-state index in [1.165, 1.54) is 15.7 Å². The Kier molecular flexibility index (Phi) is 6.23. The maximum absolute atomic E-state index is 12.9. The third-order valence-electron chi connectivity index (χ3n) is 4.75. The number of rotatable bonds is 6. The lowest BCUT2D eigenvalue weighted by atomic mass is 10.0. The van der Waals surface area contributed by atoms with Gasteiger partial charge in [0.2, 0.25) is 0 Å². The van der Waals surface area contributed by atoms with Crippen LogP contribution in [0.1, 0.15) is 19.8 Å². The van der Waals surface area contributed by atoms with Gasteiger partial charge < -0.3 is 14.2 Å². The summed E-state index contributed by atoms with van der Waals surface area (Å²) in [6.07, 6.45) is 0.878. The van der Waals surface area contributed by atoms with Crippen LogP contribution in [0.25, 0.3) is 0 Å². The molecule has 3 rings (SSSR count). The van der Waals surface area contributed by atoms with Gasteiger partial charge in [-0.25, -0.2) is 0 Å². The minimum Gasteiger partial charge on any atom is -0.486 e. The number of fused-ring (bicyclic) bond motifs is 1. The summed E-state index contributed by atoms with van der Waals surface area (Å²) in [6.45, 7) is 3.03. The van der Waals surface area contributed by atoms with Crippen molar-refractivity contribution >= 4 is 16.2 Å². The van der Waals surface area contributed by atoms with Crippen LogP contribution in [0.5, 0.6) is 11.5 Å². The number of carbonyl (C=O) groups is 1. The summed E-state index contributed by atoms with van der Waals surface area (Å²) in [4.78, 5) is 12.0. The van der Waals surface area contributed by atoms with Crippen molar-refractivity contribution in [2.24, 2.45) is 5.92 Å². The molecule has 0 N–H and O–H groups in total. The average Bonchev–Trinajstić information content (AvgIpc) is 2.68. The second-order valence-electron chi connectivity index (χ2n) is 6.74. The lowest BCUT2D eigenvalue weighted by Gasteiger charge is -2.35. The lowest BCUT2D eigenvalue weighted by molar-refractivity contribution is -0.149. The number of benzene rings is 1. The van der Waals surface area contributed by atoms with E-state index in [0.29, 0.717) is 37.5 Å². The summed E-state index contributed by atoms with van der Waals surface area (Å²) < 4.78 is 45.0. The number of hydrogen-bond donors (Lipinski definition) is 0. The summed E-state index contributed by atoms with van der Waals surface area (Å²) >= 11 is 0. The molecule has 0 saturated carbocycles. The fraction of sp³-hybridized carbons (Fsp3) is 0.611. The molecule has 2 atom stereocenters. The molecular weight excluding hydrogens is 372 g/mol. The molecule has 0 unspecified atom stereocenters. The van der Waals surface area contributed by atoms with Crippen molar-refractivity contribution in [2.75, 3.05) is 39.9 Å². The van der Waals surface area contributed by atoms with E-state index < -0.39 is 22.2 Å². The van der Waals surface area contributed by atoms with E-state index in [1.807, 2.05) is 18.2 Å². The molecule has 0 spiro atoms. The predicted octanol–water partition coefficient (Wildman–Crippen LogP) is 1.28. The SMILES string of the molecule is CCOC(=O)[C@H]1CCCN(S(=O)(=O)N(C)C[C@@H]2COc3ccccc3O2)C1. The van der Waals surface area contributed by atoms with E-state index in [4.69, 9.17) is 14.2 Å². The van der Waals surface area contributed by atoms with Gasteiger partial charge in [-0.3, -0.25) is 4.79 Å². The van der Waals surface area contributed by atoms with Gasteiger partial charge in [-0.05, 0) is 31.9 Å². The number of para-hydroxylation sites is 2. The van der Waals surface area contributed by atoms with E-state index in [1.54, 1.807) is 13.0 Å². The molecule has 2 heterocycles. The quantitative estimate of drug-likeness (QED) is 0.671. The highest BCUT2D eigenvalue weighted by Gasteiger charge is 2.36. The van der Waals surface area contributed by atoms with Crippen molar-refractivity contribution in [3.05, 3.63) is 24.3 Å². The van der Waals surface area contributed by atoms with E-state index in [2.05, 4.69) is 0 Å². The highest BCUT2D eigenvalue weighted by Crippen LogP contribution is 2.31. The number of piperidine rings is 1. The maximum atomic E-state index is 12.9. The minimum absolute atomic E-state index is 0.149. The normalized spacial score (nSPS) is 23.2. The van der Waals surface area contributed by atoms with E-state index in [9.17, 15) is 13.2 Å². The molecule has 0 bridgehead atoms. The molecule has 8 nitrogen and oxygen atoms in total. The second kappa shape index (κ2) is 8.45. The topological polar surface area (TPSA) is 85.4 Å². The van der Waals surface area contributed by atoms with Crippen LogP contribution in [-0.2, 0) is 19.7 Å². The number of nitrogens with zero attached hydrogens (tertiary/aromatic N) is 2. The van der Waals surface area contributed by atoms with Crippen LogP contribution in [-0.4, -0.2) is 69.0 Å². The average molecular weight is 398 g/mol. The monoisotopic (exact) mass is 398 g/mol. The molecule has 1 saturated heterocycles. The minimum atomic E-state index is -3.70. The van der Waals surface area contributed by atoms with Gasteiger partial charge in [-0.1, -0.05) is 12.1 Å². The van der Waals surface area contributed by atoms with Gasteiger partial charge in [0.1, 0.15) is 12.7 Å². The molecule has 27 heavy (non-hydrogen) atoms. The van der Waals surface area contributed by atoms with Crippen molar-refractivity contribution in [1.82, 2.24) is 8.61 Å². The summed E-state index contributed by atoms with van der Waals surface area (Å²) in [6, 6.07) is 7.31. The van der Waals surface area contributed by atoms with Crippen LogP contribution in [0.4, 0.5) is 0 Å². The first kappa shape index (κ1) is 19.9. The molecule has 1 aromatic carbocycles. The molecule has 9 heteroatoms. The van der Waals surface area contributed by atoms with Crippen molar-refractivity contribution in [1.29, 1.82) is 0 Å². The van der Waals surface area contributed by atoms with Gasteiger partial charge in [-0.15, -0.1) is 0 Å². The Hall–Kier alpha value is -1.84. The van der Waals surface area contributed by atoms with E-state index in [-0.39, 0.29) is 25.7 Å². The van der Waals surface area contributed by atoms with Gasteiger partial charge in [-0.2, -0.15) is 17.0 Å². The Labute approximate surface area is 160 Å². The van der Waals surface area contributed by atoms with Crippen molar-refractivity contribution in [2.45, 2.75) is 25.9 Å². The van der Waals surface area contributed by atoms with E-state index in [0.717, 1.165) is 0 Å². The molecule has 150 valence electrons. The smallest absolute Gasteiger partial charge is 0.310 e. The first-order valence-electron chi connectivity index (χ1n) is 9.18. The molecular formula is C18H26N2O6S. The maximum Gasteiger partial charge on any atom is 0.310 e. The number of likely N-dealkylation sites (N-methyl/N-ethyl adjacent to an activating group) is 1. The van der Waals surface area contributed by atoms with Crippen LogP contribution in [0, 0.1) is 5.92 Å². The fourth-order valence-electron chi connectivity index (χ4n) is 3.34. The zero-order valence-corrected chi connectivity index (χ0v) is 16.5.